The van der Waals surface area contributed by atoms with E-state index in [1.54, 1.807) is 13.2 Å². The maximum atomic E-state index is 12.9. The standard InChI is InChI=1S/C20H26N4O2/c1-3-16-6-4-5-11-24(16)20(25)18-12-19(23-14-22-18)21-13-15-7-9-17(26-2)10-8-15/h7-10,12,14,16H,3-6,11,13H2,1-2H3,(H,21,22,23). The Balaban J connectivity index is 1.66. The van der Waals surface area contributed by atoms with E-state index in [0.717, 1.165) is 37.1 Å². The second-order valence-corrected chi connectivity index (χ2v) is 6.55. The Bertz CT molecular complexity index is 733. The van der Waals surface area contributed by atoms with Crippen molar-refractivity contribution >= 4 is 11.7 Å². The quantitative estimate of drug-likeness (QED) is 0.860. The Kier molecular flexibility index (Phi) is 6.04. The number of likely N-dealkylation sites (tertiary alicyclic amines) is 1. The van der Waals surface area contributed by atoms with Gasteiger partial charge in [0, 0.05) is 25.2 Å². The third-order valence-electron chi connectivity index (χ3n) is 4.88. The van der Waals surface area contributed by atoms with Crippen molar-refractivity contribution in [1.29, 1.82) is 0 Å². The SMILES string of the molecule is CCC1CCCCN1C(=O)c1cc(NCc2ccc(OC)cc2)ncn1. The molecule has 0 spiro atoms. The van der Waals surface area contributed by atoms with Gasteiger partial charge in [0.25, 0.3) is 5.91 Å². The average molecular weight is 354 g/mol. The summed E-state index contributed by atoms with van der Waals surface area (Å²) >= 11 is 0. The molecule has 2 heterocycles. The number of carbonyl (C=O) groups is 1. The summed E-state index contributed by atoms with van der Waals surface area (Å²) in [5.41, 5.74) is 1.57. The molecule has 1 aliphatic rings. The highest BCUT2D eigenvalue weighted by Gasteiger charge is 2.27. The minimum Gasteiger partial charge on any atom is -0.497 e. The molecule has 1 aromatic heterocycles. The van der Waals surface area contributed by atoms with Gasteiger partial charge in [-0.3, -0.25) is 4.79 Å². The van der Waals surface area contributed by atoms with Gasteiger partial charge in [-0.1, -0.05) is 19.1 Å². The molecule has 6 nitrogen and oxygen atoms in total. The Morgan fingerprint density at radius 1 is 1.27 bits per heavy atom. The van der Waals surface area contributed by atoms with Crippen LogP contribution in [-0.2, 0) is 6.54 Å². The highest BCUT2D eigenvalue weighted by atomic mass is 16.5. The van der Waals surface area contributed by atoms with Crippen LogP contribution in [0.25, 0.3) is 0 Å². The number of benzene rings is 1. The Morgan fingerprint density at radius 3 is 2.81 bits per heavy atom. The number of hydrogen-bond acceptors (Lipinski definition) is 5. The van der Waals surface area contributed by atoms with Crippen LogP contribution in [0.2, 0.25) is 0 Å². The van der Waals surface area contributed by atoms with Crippen LogP contribution in [0.5, 0.6) is 5.75 Å². The summed E-state index contributed by atoms with van der Waals surface area (Å²) in [6, 6.07) is 9.91. The fourth-order valence-electron chi connectivity index (χ4n) is 3.35. The smallest absolute Gasteiger partial charge is 0.272 e. The van der Waals surface area contributed by atoms with Crippen molar-refractivity contribution in [3.8, 4) is 5.75 Å². The molecule has 6 heteroatoms. The zero-order chi connectivity index (χ0) is 18.4. The number of rotatable bonds is 6. The average Bonchev–Trinajstić information content (AvgIpc) is 2.72. The molecule has 1 fully saturated rings. The minimum absolute atomic E-state index is 0.00597. The summed E-state index contributed by atoms with van der Waals surface area (Å²) in [6.45, 7) is 3.57. The second-order valence-electron chi connectivity index (χ2n) is 6.55. The number of methoxy groups -OCH3 is 1. The van der Waals surface area contributed by atoms with Crippen molar-refractivity contribution < 1.29 is 9.53 Å². The lowest BCUT2D eigenvalue weighted by molar-refractivity contribution is 0.0602. The van der Waals surface area contributed by atoms with E-state index >= 15 is 0 Å². The number of carbonyl (C=O) groups excluding carboxylic acids is 1. The van der Waals surface area contributed by atoms with Crippen LogP contribution in [0.1, 0.15) is 48.7 Å². The van der Waals surface area contributed by atoms with Crippen molar-refractivity contribution in [2.45, 2.75) is 45.2 Å². The molecule has 1 aliphatic heterocycles. The molecule has 1 N–H and O–H groups in total. The number of aromatic nitrogens is 2. The Hall–Kier alpha value is -2.63. The van der Waals surface area contributed by atoms with E-state index in [2.05, 4.69) is 22.2 Å². The molecule has 26 heavy (non-hydrogen) atoms. The minimum atomic E-state index is 0.00597. The van der Waals surface area contributed by atoms with E-state index in [9.17, 15) is 4.79 Å². The Morgan fingerprint density at radius 2 is 2.08 bits per heavy atom. The number of anilines is 1. The second kappa shape index (κ2) is 8.65. The molecule has 0 bridgehead atoms. The monoisotopic (exact) mass is 354 g/mol. The first kappa shape index (κ1) is 18.2. The van der Waals surface area contributed by atoms with Crippen molar-refractivity contribution in [3.63, 3.8) is 0 Å². The molecule has 0 aliphatic carbocycles. The van der Waals surface area contributed by atoms with Crippen LogP contribution in [0.3, 0.4) is 0 Å². The topological polar surface area (TPSA) is 67.4 Å². The number of ether oxygens (including phenoxy) is 1. The first-order valence-electron chi connectivity index (χ1n) is 9.21. The van der Waals surface area contributed by atoms with Crippen LogP contribution in [-0.4, -0.2) is 40.5 Å². The summed E-state index contributed by atoms with van der Waals surface area (Å²) in [6.07, 6.45) is 5.78. The number of nitrogens with one attached hydrogen (secondary N) is 1. The number of nitrogens with zero attached hydrogens (tertiary/aromatic N) is 3. The van der Waals surface area contributed by atoms with Gasteiger partial charge in [0.1, 0.15) is 23.6 Å². The van der Waals surface area contributed by atoms with Gasteiger partial charge in [-0.05, 0) is 43.4 Å². The van der Waals surface area contributed by atoms with Crippen LogP contribution >= 0.6 is 0 Å². The summed E-state index contributed by atoms with van der Waals surface area (Å²) in [7, 11) is 1.65. The number of hydrogen-bond donors (Lipinski definition) is 1. The molecule has 1 amide bonds. The van der Waals surface area contributed by atoms with E-state index < -0.39 is 0 Å². The molecule has 0 saturated carbocycles. The lowest BCUT2D eigenvalue weighted by Crippen LogP contribution is -2.43. The fourth-order valence-corrected chi connectivity index (χ4v) is 3.35. The van der Waals surface area contributed by atoms with Gasteiger partial charge in [-0.25, -0.2) is 9.97 Å². The van der Waals surface area contributed by atoms with Crippen molar-refractivity contribution in [2.75, 3.05) is 19.0 Å². The van der Waals surface area contributed by atoms with Crippen LogP contribution < -0.4 is 10.1 Å². The normalized spacial score (nSPS) is 17.0. The predicted molar refractivity (Wildman–Crippen MR) is 101 cm³/mol. The van der Waals surface area contributed by atoms with Gasteiger partial charge in [0.2, 0.25) is 0 Å². The molecule has 2 aromatic rings. The van der Waals surface area contributed by atoms with E-state index in [4.69, 9.17) is 4.74 Å². The molecule has 1 aromatic carbocycles. The molecule has 1 unspecified atom stereocenters. The first-order chi connectivity index (χ1) is 12.7. The zero-order valence-corrected chi connectivity index (χ0v) is 15.4. The van der Waals surface area contributed by atoms with Gasteiger partial charge in [-0.2, -0.15) is 0 Å². The highest BCUT2D eigenvalue weighted by Crippen LogP contribution is 2.22. The van der Waals surface area contributed by atoms with Gasteiger partial charge in [-0.15, -0.1) is 0 Å². The molecular weight excluding hydrogens is 328 g/mol. The van der Waals surface area contributed by atoms with E-state index in [1.165, 1.54) is 12.7 Å². The third-order valence-corrected chi connectivity index (χ3v) is 4.88. The maximum absolute atomic E-state index is 12.9. The van der Waals surface area contributed by atoms with Crippen molar-refractivity contribution in [1.82, 2.24) is 14.9 Å². The lowest BCUT2D eigenvalue weighted by atomic mass is 9.99. The zero-order valence-electron chi connectivity index (χ0n) is 15.4. The predicted octanol–water partition coefficient (Wildman–Crippen LogP) is 3.50. The largest absolute Gasteiger partial charge is 0.497 e. The van der Waals surface area contributed by atoms with E-state index in [-0.39, 0.29) is 5.91 Å². The first-order valence-corrected chi connectivity index (χ1v) is 9.21. The molecule has 0 radical (unpaired) electrons. The summed E-state index contributed by atoms with van der Waals surface area (Å²) in [5.74, 6) is 1.49. The van der Waals surface area contributed by atoms with Gasteiger partial charge in [0.05, 0.1) is 7.11 Å². The van der Waals surface area contributed by atoms with Gasteiger partial charge >= 0.3 is 0 Å². The van der Waals surface area contributed by atoms with E-state index in [1.807, 2.05) is 29.2 Å². The Labute approximate surface area is 154 Å². The summed E-state index contributed by atoms with van der Waals surface area (Å²) in [5, 5.41) is 3.26. The third kappa shape index (κ3) is 4.31. The molecule has 1 saturated heterocycles. The van der Waals surface area contributed by atoms with Crippen LogP contribution in [0.4, 0.5) is 5.82 Å². The lowest BCUT2D eigenvalue weighted by Gasteiger charge is -2.35. The number of amides is 1. The molecule has 1 atom stereocenters. The van der Waals surface area contributed by atoms with Crippen molar-refractivity contribution in [3.05, 3.63) is 47.9 Å². The maximum Gasteiger partial charge on any atom is 0.272 e. The van der Waals surface area contributed by atoms with E-state index in [0.29, 0.717) is 24.1 Å². The van der Waals surface area contributed by atoms with Gasteiger partial charge < -0.3 is 15.0 Å². The number of piperidine rings is 1. The van der Waals surface area contributed by atoms with Gasteiger partial charge in [0.15, 0.2) is 0 Å². The highest BCUT2D eigenvalue weighted by molar-refractivity contribution is 5.93. The molecule has 3 rings (SSSR count). The molecular formula is C20H26N4O2. The van der Waals surface area contributed by atoms with Crippen LogP contribution in [0.15, 0.2) is 36.7 Å². The molecule has 138 valence electrons. The summed E-state index contributed by atoms with van der Waals surface area (Å²) < 4.78 is 5.17. The summed E-state index contributed by atoms with van der Waals surface area (Å²) in [4.78, 5) is 23.3. The van der Waals surface area contributed by atoms with Crippen molar-refractivity contribution in [2.24, 2.45) is 0 Å². The van der Waals surface area contributed by atoms with Crippen LogP contribution in [0, 0.1) is 0 Å². The fraction of sp³-hybridized carbons (Fsp3) is 0.450.